The summed E-state index contributed by atoms with van der Waals surface area (Å²) < 4.78 is 0. The first kappa shape index (κ1) is 18.9. The minimum Gasteiger partial charge on any atom is -0.371 e. The van der Waals surface area contributed by atoms with Crippen LogP contribution in [0.25, 0.3) is 0 Å². The van der Waals surface area contributed by atoms with Crippen LogP contribution in [0.3, 0.4) is 0 Å². The van der Waals surface area contributed by atoms with Gasteiger partial charge in [-0.15, -0.1) is 0 Å². The number of hydrogen-bond donors (Lipinski definition) is 0. The van der Waals surface area contributed by atoms with Gasteiger partial charge in [-0.1, -0.05) is 80.3 Å². The molecule has 1 aliphatic heterocycles. The molecule has 156 valence electrons. The van der Waals surface area contributed by atoms with Crippen LogP contribution in [0.15, 0.2) is 66.8 Å². The molecule has 5 aliphatic rings. The number of allylic oxidation sites excluding steroid dienone is 8. The predicted octanol–water partition coefficient (Wildman–Crippen LogP) is 6.87. The fraction of sp³-hybridized carbons (Fsp3) is 0.500. The molecule has 0 saturated heterocycles. The lowest BCUT2D eigenvalue weighted by atomic mass is 9.82. The number of benzene rings is 1. The highest BCUT2D eigenvalue weighted by molar-refractivity contribution is 6.80. The van der Waals surface area contributed by atoms with Crippen molar-refractivity contribution in [3.05, 3.63) is 77.9 Å². The Hall–Kier alpha value is -1.80. The molecule has 0 radical (unpaired) electrons. The summed E-state index contributed by atoms with van der Waals surface area (Å²) >= 11 is 0. The van der Waals surface area contributed by atoms with E-state index in [-0.39, 0.29) is 0 Å². The molecule has 0 bridgehead atoms. The summed E-state index contributed by atoms with van der Waals surface area (Å²) in [5, 5.41) is 0. The van der Waals surface area contributed by atoms with Gasteiger partial charge in [0.2, 0.25) is 0 Å². The van der Waals surface area contributed by atoms with Crippen molar-refractivity contribution in [2.45, 2.75) is 55.9 Å². The lowest BCUT2D eigenvalue weighted by Crippen LogP contribution is -2.49. The fourth-order valence-corrected chi connectivity index (χ4v) is 13.7. The van der Waals surface area contributed by atoms with Gasteiger partial charge in [0, 0.05) is 24.7 Å². The molecule has 4 aliphatic carbocycles. The number of likely N-dealkylation sites (N-methyl/N-ethyl adjacent to an activating group) is 1. The summed E-state index contributed by atoms with van der Waals surface area (Å²) in [5.41, 5.74) is 6.23. The molecule has 1 heterocycles. The van der Waals surface area contributed by atoms with Crippen LogP contribution in [-0.4, -0.2) is 21.2 Å². The normalized spacial score (nSPS) is 40.5. The molecule has 30 heavy (non-hydrogen) atoms. The van der Waals surface area contributed by atoms with E-state index in [9.17, 15) is 0 Å². The van der Waals surface area contributed by atoms with Crippen LogP contribution in [0.5, 0.6) is 0 Å². The van der Waals surface area contributed by atoms with E-state index in [0.29, 0.717) is 23.8 Å². The summed E-state index contributed by atoms with van der Waals surface area (Å²) in [4.78, 5) is 2.70. The molecular formula is C28H35NSi. The molecule has 0 amide bonds. The molecule has 2 fully saturated rings. The molecular weight excluding hydrogens is 378 g/mol. The molecule has 6 rings (SSSR count). The minimum absolute atomic E-state index is 0.660. The van der Waals surface area contributed by atoms with Crippen molar-refractivity contribution >= 4 is 13.8 Å². The van der Waals surface area contributed by atoms with E-state index in [1.54, 1.807) is 5.56 Å². The first-order valence-corrected chi connectivity index (χ1v) is 15.2. The van der Waals surface area contributed by atoms with Crippen LogP contribution in [0.1, 0.15) is 29.9 Å². The van der Waals surface area contributed by atoms with Crippen molar-refractivity contribution < 1.29 is 0 Å². The topological polar surface area (TPSA) is 3.24 Å². The average Bonchev–Trinajstić information content (AvgIpc) is 3.40. The van der Waals surface area contributed by atoms with Gasteiger partial charge in [0.25, 0.3) is 0 Å². The van der Waals surface area contributed by atoms with Gasteiger partial charge < -0.3 is 4.90 Å². The smallest absolute Gasteiger partial charge is 0.0572 e. The van der Waals surface area contributed by atoms with E-state index < -0.39 is 8.07 Å². The van der Waals surface area contributed by atoms with E-state index in [2.05, 4.69) is 98.8 Å². The molecule has 2 heteroatoms. The maximum absolute atomic E-state index is 2.75. The molecule has 8 unspecified atom stereocenters. The fourth-order valence-electron chi connectivity index (χ4n) is 8.32. The highest BCUT2D eigenvalue weighted by atomic mass is 28.3. The van der Waals surface area contributed by atoms with Gasteiger partial charge in [0.1, 0.15) is 0 Å². The van der Waals surface area contributed by atoms with Gasteiger partial charge in [0.05, 0.1) is 8.07 Å². The van der Waals surface area contributed by atoms with Gasteiger partial charge >= 0.3 is 0 Å². The van der Waals surface area contributed by atoms with Crippen LogP contribution in [0.4, 0.5) is 5.69 Å². The number of anilines is 1. The highest BCUT2D eigenvalue weighted by Crippen LogP contribution is 2.66. The van der Waals surface area contributed by atoms with Crippen molar-refractivity contribution in [2.75, 3.05) is 11.9 Å². The van der Waals surface area contributed by atoms with Crippen molar-refractivity contribution in [2.24, 2.45) is 23.7 Å². The zero-order valence-corrected chi connectivity index (χ0v) is 19.8. The third-order valence-electron chi connectivity index (χ3n) is 9.55. The Morgan fingerprint density at radius 1 is 0.867 bits per heavy atom. The Balaban J connectivity index is 1.44. The van der Waals surface area contributed by atoms with Gasteiger partial charge in [-0.3, -0.25) is 0 Å². The highest BCUT2D eigenvalue weighted by Gasteiger charge is 2.62. The summed E-state index contributed by atoms with van der Waals surface area (Å²) in [6.07, 6.45) is 22.3. The maximum atomic E-state index is 2.75. The monoisotopic (exact) mass is 413 g/mol. The maximum Gasteiger partial charge on any atom is 0.0572 e. The standard InChI is InChI=1S/C28H35NSi/c1-18-13-15-23-24(17-18)29(2)27-26(23)21-11-7-8-12-22(21)28(27)30(3,4)25-16-14-19-9-5-6-10-20(19)25/h5-13,15,17,19-22,25-28H,14,16H2,1-4H3. The van der Waals surface area contributed by atoms with Gasteiger partial charge in [-0.25, -0.2) is 0 Å². The minimum atomic E-state index is -1.55. The first-order valence-electron chi connectivity index (χ1n) is 12.0. The third kappa shape index (κ3) is 2.46. The van der Waals surface area contributed by atoms with E-state index in [1.807, 2.05) is 0 Å². The number of rotatable bonds is 2. The molecule has 1 aromatic carbocycles. The number of hydrogen-bond acceptors (Lipinski definition) is 1. The Morgan fingerprint density at radius 3 is 2.37 bits per heavy atom. The van der Waals surface area contributed by atoms with Gasteiger partial charge in [-0.05, 0) is 65.3 Å². The third-order valence-corrected chi connectivity index (χ3v) is 14.6. The van der Waals surface area contributed by atoms with E-state index in [1.165, 1.54) is 24.1 Å². The molecule has 8 atom stereocenters. The Labute approximate surface area is 183 Å². The second kappa shape index (κ2) is 6.60. The number of fused-ring (bicyclic) bond motifs is 6. The number of nitrogens with zero attached hydrogens (tertiary/aromatic N) is 1. The predicted molar refractivity (Wildman–Crippen MR) is 131 cm³/mol. The Morgan fingerprint density at radius 2 is 1.57 bits per heavy atom. The number of aryl methyl sites for hydroxylation is 1. The van der Waals surface area contributed by atoms with Gasteiger partial charge in [-0.2, -0.15) is 0 Å². The SMILES string of the molecule is Cc1ccc2c(c1)N(C)C1C2C2C=CC=CC2C1[Si](C)(C)C1CCC2C=CC=CC21. The van der Waals surface area contributed by atoms with Crippen molar-refractivity contribution in [1.29, 1.82) is 0 Å². The molecule has 0 spiro atoms. The zero-order chi connectivity index (χ0) is 20.6. The summed E-state index contributed by atoms with van der Waals surface area (Å²) in [7, 11) is 0.849. The Bertz CT molecular complexity index is 982. The molecule has 0 N–H and O–H groups in total. The van der Waals surface area contributed by atoms with Crippen LogP contribution < -0.4 is 4.90 Å². The lowest BCUT2D eigenvalue weighted by molar-refractivity contribution is 0.499. The Kier molecular flexibility index (Phi) is 4.16. The molecule has 0 aromatic heterocycles. The first-order chi connectivity index (χ1) is 14.5. The zero-order valence-electron chi connectivity index (χ0n) is 18.8. The lowest BCUT2D eigenvalue weighted by Gasteiger charge is -2.46. The molecule has 1 aromatic rings. The molecule has 1 nitrogen and oxygen atoms in total. The van der Waals surface area contributed by atoms with Crippen molar-refractivity contribution in [3.63, 3.8) is 0 Å². The van der Waals surface area contributed by atoms with Crippen LogP contribution >= 0.6 is 0 Å². The van der Waals surface area contributed by atoms with Crippen molar-refractivity contribution in [3.8, 4) is 0 Å². The van der Waals surface area contributed by atoms with Crippen LogP contribution in [-0.2, 0) is 0 Å². The summed E-state index contributed by atoms with van der Waals surface area (Å²) in [6, 6.07) is 7.89. The second-order valence-electron chi connectivity index (χ2n) is 11.2. The van der Waals surface area contributed by atoms with E-state index >= 15 is 0 Å². The summed E-state index contributed by atoms with van der Waals surface area (Å²) in [5.74, 6) is 3.62. The second-order valence-corrected chi connectivity index (χ2v) is 16.2. The average molecular weight is 414 g/mol. The summed E-state index contributed by atoms with van der Waals surface area (Å²) in [6.45, 7) is 7.75. The quantitative estimate of drug-likeness (QED) is 0.478. The van der Waals surface area contributed by atoms with E-state index in [0.717, 1.165) is 22.9 Å². The van der Waals surface area contributed by atoms with Crippen LogP contribution in [0.2, 0.25) is 24.2 Å². The van der Waals surface area contributed by atoms with E-state index in [4.69, 9.17) is 0 Å². The largest absolute Gasteiger partial charge is 0.371 e. The van der Waals surface area contributed by atoms with Crippen molar-refractivity contribution in [1.82, 2.24) is 0 Å². The molecule has 2 saturated carbocycles. The van der Waals surface area contributed by atoms with Crippen LogP contribution in [0, 0.1) is 30.6 Å². The van der Waals surface area contributed by atoms with Gasteiger partial charge in [0.15, 0.2) is 0 Å².